The predicted molar refractivity (Wildman–Crippen MR) is 65.5 cm³/mol. The molecule has 1 N–H and O–H groups in total. The normalized spacial score (nSPS) is 12.6. The van der Waals surface area contributed by atoms with Gasteiger partial charge in [-0.15, -0.1) is 0 Å². The molecule has 0 saturated heterocycles. The second kappa shape index (κ2) is 5.01. The summed E-state index contributed by atoms with van der Waals surface area (Å²) in [6, 6.07) is 6.30. The van der Waals surface area contributed by atoms with Gasteiger partial charge in [-0.05, 0) is 37.1 Å². The first kappa shape index (κ1) is 11.1. The average Bonchev–Trinajstić information content (AvgIpc) is 2.07. The van der Waals surface area contributed by atoms with E-state index in [1.807, 2.05) is 0 Å². The maximum Gasteiger partial charge on any atom is 0.0789 e. The van der Waals surface area contributed by atoms with Gasteiger partial charge in [-0.3, -0.25) is 0 Å². The van der Waals surface area contributed by atoms with E-state index >= 15 is 0 Å². The van der Waals surface area contributed by atoms with Crippen LogP contribution in [0.2, 0.25) is 0 Å². The monoisotopic (exact) mass is 305 g/mol. The summed E-state index contributed by atoms with van der Waals surface area (Å²) in [5, 5.41) is 3.35. The van der Waals surface area contributed by atoms with Crippen LogP contribution in [0, 0.1) is 0 Å². The summed E-state index contributed by atoms with van der Waals surface area (Å²) in [6.07, 6.45) is 1.04. The lowest BCUT2D eigenvalue weighted by Gasteiger charge is -2.12. The number of aryl methyl sites for hydroxylation is 1. The third kappa shape index (κ3) is 3.31. The van der Waals surface area contributed by atoms with Gasteiger partial charge in [-0.2, -0.15) is 0 Å². The largest absolute Gasteiger partial charge is 0.373 e. The predicted octanol–water partition coefficient (Wildman–Crippen LogP) is 4.16. The molecule has 1 atom stereocenters. The number of alkyl halides is 1. The second-order valence-electron chi connectivity index (χ2n) is 2.92. The fourth-order valence-corrected chi connectivity index (χ4v) is 1.87. The van der Waals surface area contributed by atoms with Gasteiger partial charge in [0.1, 0.15) is 0 Å². The van der Waals surface area contributed by atoms with E-state index < -0.39 is 0 Å². The molecule has 1 unspecified atom stereocenters. The molecule has 0 aliphatic heterocycles. The van der Waals surface area contributed by atoms with Crippen LogP contribution in [0.15, 0.2) is 22.7 Å². The van der Waals surface area contributed by atoms with Crippen LogP contribution in [0.4, 0.5) is 5.69 Å². The van der Waals surface area contributed by atoms with Crippen molar-refractivity contribution in [3.8, 4) is 0 Å². The number of hydrogen-bond donors (Lipinski definition) is 1. The Hall–Kier alpha value is -0.0200. The molecule has 0 saturated carbocycles. The molecular weight excluding hydrogens is 294 g/mol. The van der Waals surface area contributed by atoms with E-state index in [1.54, 1.807) is 0 Å². The van der Waals surface area contributed by atoms with Crippen LogP contribution in [0.5, 0.6) is 0 Å². The highest BCUT2D eigenvalue weighted by Crippen LogP contribution is 2.22. The van der Waals surface area contributed by atoms with Crippen molar-refractivity contribution in [3.05, 3.63) is 28.2 Å². The molecule has 72 valence electrons. The zero-order valence-electron chi connectivity index (χ0n) is 7.77. The molecule has 1 rings (SSSR count). The molecule has 0 bridgehead atoms. The maximum atomic E-state index is 3.47. The van der Waals surface area contributed by atoms with Crippen molar-refractivity contribution in [2.24, 2.45) is 0 Å². The van der Waals surface area contributed by atoms with Crippen LogP contribution in [-0.2, 0) is 6.42 Å². The third-order valence-electron chi connectivity index (χ3n) is 1.80. The Morgan fingerprint density at radius 3 is 2.69 bits per heavy atom. The van der Waals surface area contributed by atoms with E-state index in [1.165, 1.54) is 11.3 Å². The molecule has 0 fully saturated rings. The highest BCUT2D eigenvalue weighted by atomic mass is 79.9. The first-order valence-electron chi connectivity index (χ1n) is 4.32. The molecule has 1 nitrogen and oxygen atoms in total. The lowest BCUT2D eigenvalue weighted by atomic mass is 10.1. The third-order valence-corrected chi connectivity index (χ3v) is 2.52. The quantitative estimate of drug-likeness (QED) is 0.653. The number of hydrogen-bond acceptors (Lipinski definition) is 1. The smallest absolute Gasteiger partial charge is 0.0789 e. The van der Waals surface area contributed by atoms with Crippen LogP contribution in [0.1, 0.15) is 19.4 Å². The standard InChI is InChI=1S/C10H13Br2N/c1-3-8-6-9(12)4-5-10(8)13-7(2)11/h4-7,13H,3H2,1-2H3. The van der Waals surface area contributed by atoms with Gasteiger partial charge in [0.15, 0.2) is 0 Å². The minimum absolute atomic E-state index is 0.305. The lowest BCUT2D eigenvalue weighted by Crippen LogP contribution is -2.07. The Morgan fingerprint density at radius 1 is 1.46 bits per heavy atom. The Kier molecular flexibility index (Phi) is 4.26. The minimum Gasteiger partial charge on any atom is -0.373 e. The summed E-state index contributed by atoms with van der Waals surface area (Å²) in [4.78, 5) is 0.305. The summed E-state index contributed by atoms with van der Waals surface area (Å²) >= 11 is 6.93. The van der Waals surface area contributed by atoms with Crippen molar-refractivity contribution in [3.63, 3.8) is 0 Å². The van der Waals surface area contributed by atoms with Crippen molar-refractivity contribution < 1.29 is 0 Å². The molecule has 0 spiro atoms. The van der Waals surface area contributed by atoms with Gasteiger partial charge in [-0.1, -0.05) is 38.8 Å². The van der Waals surface area contributed by atoms with Gasteiger partial charge in [-0.25, -0.2) is 0 Å². The number of nitrogens with one attached hydrogen (secondary N) is 1. The topological polar surface area (TPSA) is 12.0 Å². The second-order valence-corrected chi connectivity index (χ2v) is 5.20. The van der Waals surface area contributed by atoms with Crippen LogP contribution in [-0.4, -0.2) is 4.95 Å². The van der Waals surface area contributed by atoms with Gasteiger partial charge >= 0.3 is 0 Å². The molecule has 0 aromatic heterocycles. The Labute approximate surface area is 96.2 Å². The van der Waals surface area contributed by atoms with Gasteiger partial charge in [0.25, 0.3) is 0 Å². The van der Waals surface area contributed by atoms with Crippen molar-refractivity contribution >= 4 is 37.5 Å². The maximum absolute atomic E-state index is 3.47. The molecule has 0 radical (unpaired) electrons. The van der Waals surface area contributed by atoms with Gasteiger partial charge < -0.3 is 5.32 Å². The highest BCUT2D eigenvalue weighted by molar-refractivity contribution is 9.10. The number of benzene rings is 1. The molecule has 13 heavy (non-hydrogen) atoms. The molecule has 1 aromatic rings. The van der Waals surface area contributed by atoms with Crippen molar-refractivity contribution in [2.75, 3.05) is 5.32 Å². The van der Waals surface area contributed by atoms with Crippen molar-refractivity contribution in [1.82, 2.24) is 0 Å². The fourth-order valence-electron chi connectivity index (χ4n) is 1.21. The van der Waals surface area contributed by atoms with Gasteiger partial charge in [0.2, 0.25) is 0 Å². The summed E-state index contributed by atoms with van der Waals surface area (Å²) < 4.78 is 1.14. The molecular formula is C10H13Br2N. The molecule has 0 amide bonds. The Balaban J connectivity index is 2.92. The summed E-state index contributed by atoms with van der Waals surface area (Å²) in [5.41, 5.74) is 2.54. The summed E-state index contributed by atoms with van der Waals surface area (Å²) in [7, 11) is 0. The van der Waals surface area contributed by atoms with Crippen LogP contribution >= 0.6 is 31.9 Å². The van der Waals surface area contributed by atoms with Crippen molar-refractivity contribution in [1.29, 1.82) is 0 Å². The average molecular weight is 307 g/mol. The van der Waals surface area contributed by atoms with Crippen LogP contribution in [0.25, 0.3) is 0 Å². The summed E-state index contributed by atoms with van der Waals surface area (Å²) in [5.74, 6) is 0. The number of rotatable bonds is 3. The molecule has 3 heteroatoms. The number of halogens is 2. The van der Waals surface area contributed by atoms with Crippen LogP contribution in [0.3, 0.4) is 0 Å². The van der Waals surface area contributed by atoms with E-state index in [9.17, 15) is 0 Å². The van der Waals surface area contributed by atoms with E-state index in [0.29, 0.717) is 4.95 Å². The van der Waals surface area contributed by atoms with E-state index in [-0.39, 0.29) is 0 Å². The zero-order chi connectivity index (χ0) is 9.84. The van der Waals surface area contributed by atoms with E-state index in [4.69, 9.17) is 0 Å². The fraction of sp³-hybridized carbons (Fsp3) is 0.400. The lowest BCUT2D eigenvalue weighted by molar-refractivity contribution is 1.09. The minimum atomic E-state index is 0.305. The Morgan fingerprint density at radius 2 is 2.15 bits per heavy atom. The van der Waals surface area contributed by atoms with Gasteiger partial charge in [0, 0.05) is 10.2 Å². The molecule has 0 heterocycles. The molecule has 0 aliphatic carbocycles. The first-order chi connectivity index (χ1) is 6.13. The van der Waals surface area contributed by atoms with Gasteiger partial charge in [0.05, 0.1) is 4.95 Å². The molecule has 0 aliphatic rings. The SMILES string of the molecule is CCc1cc(Br)ccc1NC(C)Br. The van der Waals surface area contributed by atoms with Crippen molar-refractivity contribution in [2.45, 2.75) is 25.2 Å². The molecule has 1 aromatic carbocycles. The summed E-state index contributed by atoms with van der Waals surface area (Å²) in [6.45, 7) is 4.23. The van der Waals surface area contributed by atoms with E-state index in [2.05, 4.69) is 69.2 Å². The highest BCUT2D eigenvalue weighted by Gasteiger charge is 2.02. The number of anilines is 1. The van der Waals surface area contributed by atoms with Crippen LogP contribution < -0.4 is 5.32 Å². The zero-order valence-corrected chi connectivity index (χ0v) is 10.9. The first-order valence-corrected chi connectivity index (χ1v) is 6.03. The Bertz CT molecular complexity index is 284. The van der Waals surface area contributed by atoms with E-state index in [0.717, 1.165) is 10.9 Å².